The van der Waals surface area contributed by atoms with Gasteiger partial charge >= 0.3 is 6.03 Å². The van der Waals surface area contributed by atoms with Gasteiger partial charge in [-0.3, -0.25) is 9.69 Å². The van der Waals surface area contributed by atoms with Crippen molar-refractivity contribution >= 4 is 34.9 Å². The van der Waals surface area contributed by atoms with E-state index in [4.69, 9.17) is 11.6 Å². The van der Waals surface area contributed by atoms with Gasteiger partial charge < -0.3 is 10.2 Å². The summed E-state index contributed by atoms with van der Waals surface area (Å²) in [5, 5.41) is 3.74. The van der Waals surface area contributed by atoms with Crippen molar-refractivity contribution < 1.29 is 9.59 Å². The van der Waals surface area contributed by atoms with E-state index in [1.165, 1.54) is 0 Å². The predicted molar refractivity (Wildman–Crippen MR) is 143 cm³/mol. The molecule has 1 aliphatic rings. The van der Waals surface area contributed by atoms with Gasteiger partial charge in [0.25, 0.3) is 0 Å². The third-order valence-corrected chi connectivity index (χ3v) is 6.59. The second-order valence-corrected chi connectivity index (χ2v) is 10.1. The van der Waals surface area contributed by atoms with Crippen LogP contribution < -0.4 is 10.2 Å². The maximum Gasteiger partial charge on any atom is 0.325 e. The van der Waals surface area contributed by atoms with Gasteiger partial charge in [-0.15, -0.1) is 0 Å². The van der Waals surface area contributed by atoms with Crippen LogP contribution in [0.25, 0.3) is 0 Å². The minimum atomic E-state index is -0.210. The van der Waals surface area contributed by atoms with E-state index in [-0.39, 0.29) is 30.3 Å². The van der Waals surface area contributed by atoms with Crippen LogP contribution in [0.4, 0.5) is 16.2 Å². The van der Waals surface area contributed by atoms with Crippen molar-refractivity contribution in [2.45, 2.75) is 52.6 Å². The van der Waals surface area contributed by atoms with Gasteiger partial charge in [0, 0.05) is 10.7 Å². The second kappa shape index (κ2) is 10.5. The first-order valence-electron chi connectivity index (χ1n) is 12.1. The summed E-state index contributed by atoms with van der Waals surface area (Å²) in [5.41, 5.74) is 5.81. The third kappa shape index (κ3) is 5.51. The highest BCUT2D eigenvalue weighted by Gasteiger charge is 2.32. The molecule has 1 heterocycles. The summed E-state index contributed by atoms with van der Waals surface area (Å²) in [4.78, 5) is 30.1. The molecule has 0 saturated heterocycles. The van der Waals surface area contributed by atoms with Crippen LogP contribution in [0, 0.1) is 0 Å². The number of rotatable bonds is 7. The number of halogens is 1. The van der Waals surface area contributed by atoms with Crippen LogP contribution in [0.5, 0.6) is 0 Å². The molecule has 0 aromatic heterocycles. The lowest BCUT2D eigenvalue weighted by atomic mass is 9.92. The van der Waals surface area contributed by atoms with Crippen LogP contribution in [0.3, 0.4) is 0 Å². The SMILES string of the molecule is CC(C)c1cccc(C(C)C)c1NC(=O)CN1Cc2cc(Cl)ccc2N(Cc2ccccc2)C1=O. The van der Waals surface area contributed by atoms with Crippen LogP contribution in [0.15, 0.2) is 66.7 Å². The van der Waals surface area contributed by atoms with Crippen LogP contribution in [-0.2, 0) is 17.9 Å². The number of hydrogen-bond acceptors (Lipinski definition) is 2. The zero-order valence-electron chi connectivity index (χ0n) is 20.7. The Bertz CT molecular complexity index is 1200. The molecule has 0 fully saturated rings. The number of anilines is 2. The number of nitrogens with zero attached hydrogens (tertiary/aromatic N) is 2. The van der Waals surface area contributed by atoms with E-state index in [9.17, 15) is 9.59 Å². The molecule has 1 N–H and O–H groups in total. The topological polar surface area (TPSA) is 52.7 Å². The molecule has 0 saturated carbocycles. The Labute approximate surface area is 212 Å². The fourth-order valence-electron chi connectivity index (χ4n) is 4.58. The molecule has 3 aromatic rings. The lowest BCUT2D eigenvalue weighted by Crippen LogP contribution is -2.49. The van der Waals surface area contributed by atoms with Gasteiger partial charge in [-0.05, 0) is 52.3 Å². The van der Waals surface area contributed by atoms with Crippen molar-refractivity contribution in [1.82, 2.24) is 4.90 Å². The monoisotopic (exact) mass is 489 g/mol. The Morgan fingerprint density at radius 2 is 1.60 bits per heavy atom. The molecule has 4 rings (SSSR count). The highest BCUT2D eigenvalue weighted by atomic mass is 35.5. The van der Waals surface area contributed by atoms with E-state index >= 15 is 0 Å². The fourth-order valence-corrected chi connectivity index (χ4v) is 4.78. The fraction of sp³-hybridized carbons (Fsp3) is 0.310. The molecule has 1 aliphatic heterocycles. The first kappa shape index (κ1) is 24.8. The molecule has 3 aromatic carbocycles. The van der Waals surface area contributed by atoms with Crippen molar-refractivity contribution in [2.75, 3.05) is 16.8 Å². The molecule has 182 valence electrons. The first-order chi connectivity index (χ1) is 16.7. The number of carbonyl (C=O) groups is 2. The summed E-state index contributed by atoms with van der Waals surface area (Å²) in [5.74, 6) is 0.311. The van der Waals surface area contributed by atoms with Crippen molar-refractivity contribution in [1.29, 1.82) is 0 Å². The standard InChI is InChI=1S/C29H32ClN3O2/c1-19(2)24-11-8-12-25(20(3)4)28(24)31-27(34)18-32-17-22-15-23(30)13-14-26(22)33(29(32)35)16-21-9-6-5-7-10-21/h5-15,19-20H,16-18H2,1-4H3,(H,31,34). The number of urea groups is 1. The molecule has 5 nitrogen and oxygen atoms in total. The Balaban J connectivity index is 1.60. The Morgan fingerprint density at radius 3 is 2.23 bits per heavy atom. The zero-order valence-corrected chi connectivity index (χ0v) is 21.5. The van der Waals surface area contributed by atoms with Crippen LogP contribution in [-0.4, -0.2) is 23.4 Å². The molecule has 0 unspecified atom stereocenters. The summed E-state index contributed by atoms with van der Waals surface area (Å²) in [7, 11) is 0. The van der Waals surface area contributed by atoms with E-state index in [1.807, 2.05) is 48.5 Å². The largest absolute Gasteiger partial charge is 0.325 e. The second-order valence-electron chi connectivity index (χ2n) is 9.65. The normalized spacial score (nSPS) is 13.4. The quantitative estimate of drug-likeness (QED) is 0.382. The highest BCUT2D eigenvalue weighted by molar-refractivity contribution is 6.30. The molecular weight excluding hydrogens is 458 g/mol. The molecule has 35 heavy (non-hydrogen) atoms. The summed E-state index contributed by atoms with van der Waals surface area (Å²) in [6.45, 7) is 9.17. The highest BCUT2D eigenvalue weighted by Crippen LogP contribution is 2.34. The average molecular weight is 490 g/mol. The van der Waals surface area contributed by atoms with Gasteiger partial charge in [0.05, 0.1) is 18.8 Å². The Kier molecular flexibility index (Phi) is 7.46. The van der Waals surface area contributed by atoms with Gasteiger partial charge in [-0.25, -0.2) is 4.79 Å². The number of carbonyl (C=O) groups excluding carboxylic acids is 2. The van der Waals surface area contributed by atoms with Gasteiger partial charge in [0.1, 0.15) is 6.54 Å². The molecule has 0 atom stereocenters. The van der Waals surface area contributed by atoms with E-state index < -0.39 is 0 Å². The van der Waals surface area contributed by atoms with Gasteiger partial charge in [-0.1, -0.05) is 87.8 Å². The van der Waals surface area contributed by atoms with Crippen LogP contribution >= 0.6 is 11.6 Å². The van der Waals surface area contributed by atoms with Crippen molar-refractivity contribution in [3.8, 4) is 0 Å². The minimum Gasteiger partial charge on any atom is -0.324 e. The molecule has 0 radical (unpaired) electrons. The van der Waals surface area contributed by atoms with Gasteiger partial charge in [0.2, 0.25) is 5.91 Å². The maximum absolute atomic E-state index is 13.6. The Morgan fingerprint density at radius 1 is 0.943 bits per heavy atom. The molecule has 6 heteroatoms. The average Bonchev–Trinajstić information content (AvgIpc) is 2.82. The smallest absolute Gasteiger partial charge is 0.324 e. The molecular formula is C29H32ClN3O2. The molecule has 0 aliphatic carbocycles. The number of para-hydroxylation sites is 1. The van der Waals surface area contributed by atoms with E-state index in [2.05, 4.69) is 45.1 Å². The number of nitrogens with one attached hydrogen (secondary N) is 1. The van der Waals surface area contributed by atoms with Crippen molar-refractivity contribution in [3.05, 3.63) is 94.0 Å². The van der Waals surface area contributed by atoms with Gasteiger partial charge in [-0.2, -0.15) is 0 Å². The Hall–Kier alpha value is -3.31. The van der Waals surface area contributed by atoms with E-state index in [0.29, 0.717) is 18.1 Å². The zero-order chi connectivity index (χ0) is 25.1. The van der Waals surface area contributed by atoms with Crippen LogP contribution in [0.1, 0.15) is 61.8 Å². The van der Waals surface area contributed by atoms with Gasteiger partial charge in [0.15, 0.2) is 0 Å². The maximum atomic E-state index is 13.6. The molecule has 3 amide bonds. The number of hydrogen-bond donors (Lipinski definition) is 1. The van der Waals surface area contributed by atoms with Crippen molar-refractivity contribution in [3.63, 3.8) is 0 Å². The first-order valence-corrected chi connectivity index (χ1v) is 12.4. The number of amides is 3. The summed E-state index contributed by atoms with van der Waals surface area (Å²) in [6.07, 6.45) is 0. The summed E-state index contributed by atoms with van der Waals surface area (Å²) >= 11 is 6.27. The predicted octanol–water partition coefficient (Wildman–Crippen LogP) is 7.17. The summed E-state index contributed by atoms with van der Waals surface area (Å²) in [6, 6.07) is 21.3. The lowest BCUT2D eigenvalue weighted by Gasteiger charge is -2.37. The molecule has 0 bridgehead atoms. The summed E-state index contributed by atoms with van der Waals surface area (Å²) < 4.78 is 0. The molecule has 0 spiro atoms. The third-order valence-electron chi connectivity index (χ3n) is 6.35. The van der Waals surface area contributed by atoms with E-state index in [1.54, 1.807) is 15.9 Å². The lowest BCUT2D eigenvalue weighted by molar-refractivity contribution is -0.116. The van der Waals surface area contributed by atoms with Crippen molar-refractivity contribution in [2.24, 2.45) is 0 Å². The minimum absolute atomic E-state index is 0.0416. The number of fused-ring (bicyclic) bond motifs is 1. The van der Waals surface area contributed by atoms with E-state index in [0.717, 1.165) is 33.6 Å². The number of benzene rings is 3. The van der Waals surface area contributed by atoms with Crippen LogP contribution in [0.2, 0.25) is 5.02 Å².